The highest BCUT2D eigenvalue weighted by Crippen LogP contribution is 2.27. The van der Waals surface area contributed by atoms with Gasteiger partial charge in [0.25, 0.3) is 5.91 Å². The Hall–Kier alpha value is -0.970. The number of benzene rings is 1. The average Bonchev–Trinajstić information content (AvgIpc) is 2.91. The molecule has 1 heterocycles. The number of hydrogen-bond donors (Lipinski definition) is 2. The summed E-state index contributed by atoms with van der Waals surface area (Å²) in [7, 11) is 0. The van der Waals surface area contributed by atoms with Crippen LogP contribution in [-0.2, 0) is 4.79 Å². The number of nitrogens with one attached hydrogen (secondary N) is 2. The van der Waals surface area contributed by atoms with E-state index in [2.05, 4.69) is 10.6 Å². The SMILES string of the molecule is O=C(COc1ccc(Cl)cc1Cl)NCCC1CCNC1. The zero-order chi connectivity index (χ0) is 14.4. The van der Waals surface area contributed by atoms with E-state index in [0.717, 1.165) is 19.5 Å². The van der Waals surface area contributed by atoms with Gasteiger partial charge in [0.1, 0.15) is 5.75 Å². The predicted molar refractivity (Wildman–Crippen MR) is 80.6 cm³/mol. The van der Waals surface area contributed by atoms with Crippen molar-refractivity contribution < 1.29 is 9.53 Å². The highest BCUT2D eigenvalue weighted by molar-refractivity contribution is 6.35. The number of carbonyl (C=O) groups excluding carboxylic acids is 1. The van der Waals surface area contributed by atoms with Gasteiger partial charge in [0.05, 0.1) is 5.02 Å². The van der Waals surface area contributed by atoms with Crippen LogP contribution in [0.25, 0.3) is 0 Å². The monoisotopic (exact) mass is 316 g/mol. The molecule has 6 heteroatoms. The predicted octanol–water partition coefficient (Wildman–Crippen LogP) is 2.49. The summed E-state index contributed by atoms with van der Waals surface area (Å²) in [5.41, 5.74) is 0. The van der Waals surface area contributed by atoms with Gasteiger partial charge in [-0.05, 0) is 50.0 Å². The van der Waals surface area contributed by atoms with Gasteiger partial charge in [0.2, 0.25) is 0 Å². The summed E-state index contributed by atoms with van der Waals surface area (Å²) in [4.78, 5) is 11.6. The summed E-state index contributed by atoms with van der Waals surface area (Å²) in [5, 5.41) is 7.10. The fraction of sp³-hybridized carbons (Fsp3) is 0.500. The van der Waals surface area contributed by atoms with Crippen LogP contribution >= 0.6 is 23.2 Å². The zero-order valence-electron chi connectivity index (χ0n) is 11.1. The summed E-state index contributed by atoms with van der Waals surface area (Å²) in [6.45, 7) is 2.77. The molecule has 20 heavy (non-hydrogen) atoms. The number of halogens is 2. The third kappa shape index (κ3) is 4.85. The van der Waals surface area contributed by atoms with Crippen LogP contribution in [0.5, 0.6) is 5.75 Å². The summed E-state index contributed by atoms with van der Waals surface area (Å²) >= 11 is 11.7. The molecule has 1 aliphatic rings. The normalized spacial score (nSPS) is 18.0. The van der Waals surface area contributed by atoms with Gasteiger partial charge >= 0.3 is 0 Å². The molecule has 1 unspecified atom stereocenters. The number of ether oxygens (including phenoxy) is 1. The van der Waals surface area contributed by atoms with Gasteiger partial charge < -0.3 is 15.4 Å². The summed E-state index contributed by atoms with van der Waals surface area (Å²) in [6.07, 6.45) is 2.19. The molecule has 0 aliphatic carbocycles. The molecule has 1 aromatic rings. The second kappa shape index (κ2) is 7.72. The van der Waals surface area contributed by atoms with Crippen molar-refractivity contribution in [2.45, 2.75) is 12.8 Å². The molecular formula is C14H18Cl2N2O2. The van der Waals surface area contributed by atoms with E-state index in [4.69, 9.17) is 27.9 Å². The Balaban J connectivity index is 1.66. The maximum absolute atomic E-state index is 11.6. The Morgan fingerprint density at radius 3 is 3.00 bits per heavy atom. The van der Waals surface area contributed by atoms with Crippen LogP contribution in [0.4, 0.5) is 0 Å². The number of carbonyl (C=O) groups is 1. The van der Waals surface area contributed by atoms with Gasteiger partial charge in [-0.15, -0.1) is 0 Å². The molecule has 2 N–H and O–H groups in total. The molecule has 0 saturated carbocycles. The summed E-state index contributed by atoms with van der Waals surface area (Å²) in [6, 6.07) is 4.92. The van der Waals surface area contributed by atoms with Gasteiger partial charge in [-0.2, -0.15) is 0 Å². The van der Waals surface area contributed by atoms with Gasteiger partial charge in [0.15, 0.2) is 6.61 Å². The van der Waals surface area contributed by atoms with E-state index in [1.807, 2.05) is 0 Å². The molecule has 1 aromatic carbocycles. The second-order valence-corrected chi connectivity index (χ2v) is 5.70. The van der Waals surface area contributed by atoms with Crippen molar-refractivity contribution in [2.24, 2.45) is 5.92 Å². The minimum absolute atomic E-state index is 0.0374. The highest BCUT2D eigenvalue weighted by Gasteiger charge is 2.14. The minimum atomic E-state index is -0.137. The van der Waals surface area contributed by atoms with Crippen molar-refractivity contribution >= 4 is 29.1 Å². The van der Waals surface area contributed by atoms with Crippen molar-refractivity contribution in [3.63, 3.8) is 0 Å². The van der Waals surface area contributed by atoms with Crippen molar-refractivity contribution in [3.8, 4) is 5.75 Å². The van der Waals surface area contributed by atoms with Crippen molar-refractivity contribution in [2.75, 3.05) is 26.2 Å². The number of amides is 1. The van der Waals surface area contributed by atoms with Crippen molar-refractivity contribution in [3.05, 3.63) is 28.2 Å². The molecule has 110 valence electrons. The molecule has 2 rings (SSSR count). The maximum atomic E-state index is 11.6. The van der Waals surface area contributed by atoms with E-state index in [9.17, 15) is 4.79 Å². The average molecular weight is 317 g/mol. The molecule has 1 atom stereocenters. The molecule has 1 fully saturated rings. The molecule has 1 aliphatic heterocycles. The molecule has 0 spiro atoms. The van der Waals surface area contributed by atoms with E-state index < -0.39 is 0 Å². The van der Waals surface area contributed by atoms with Crippen LogP contribution in [0.15, 0.2) is 18.2 Å². The first kappa shape index (κ1) is 15.4. The van der Waals surface area contributed by atoms with Crippen LogP contribution in [0.1, 0.15) is 12.8 Å². The van der Waals surface area contributed by atoms with Gasteiger partial charge in [-0.3, -0.25) is 4.79 Å². The van der Waals surface area contributed by atoms with Crippen LogP contribution in [0, 0.1) is 5.92 Å². The fourth-order valence-electron chi connectivity index (χ4n) is 2.16. The standard InChI is InChI=1S/C14H18Cl2N2O2/c15-11-1-2-13(12(16)7-11)20-9-14(19)18-6-4-10-3-5-17-8-10/h1-2,7,10,17H,3-6,8-9H2,(H,18,19). The number of hydrogen-bond acceptors (Lipinski definition) is 3. The molecule has 4 nitrogen and oxygen atoms in total. The zero-order valence-corrected chi connectivity index (χ0v) is 12.6. The van der Waals surface area contributed by atoms with Crippen molar-refractivity contribution in [1.82, 2.24) is 10.6 Å². The Bertz CT molecular complexity index is 462. The molecule has 0 radical (unpaired) electrons. The van der Waals surface area contributed by atoms with Crippen LogP contribution in [0.3, 0.4) is 0 Å². The Morgan fingerprint density at radius 2 is 2.30 bits per heavy atom. The quantitative estimate of drug-likeness (QED) is 0.847. The molecule has 1 saturated heterocycles. The number of rotatable bonds is 6. The highest BCUT2D eigenvalue weighted by atomic mass is 35.5. The van der Waals surface area contributed by atoms with E-state index in [0.29, 0.717) is 28.3 Å². The van der Waals surface area contributed by atoms with E-state index in [1.54, 1.807) is 18.2 Å². The minimum Gasteiger partial charge on any atom is -0.482 e. The summed E-state index contributed by atoms with van der Waals surface area (Å²) in [5.74, 6) is 0.995. The third-order valence-corrected chi connectivity index (χ3v) is 3.82. The Labute approximate surface area is 128 Å². The molecular weight excluding hydrogens is 299 g/mol. The first-order valence-electron chi connectivity index (χ1n) is 6.70. The lowest BCUT2D eigenvalue weighted by Crippen LogP contribution is -2.30. The Morgan fingerprint density at radius 1 is 1.45 bits per heavy atom. The van der Waals surface area contributed by atoms with Crippen LogP contribution < -0.4 is 15.4 Å². The smallest absolute Gasteiger partial charge is 0.257 e. The van der Waals surface area contributed by atoms with E-state index in [-0.39, 0.29) is 12.5 Å². The second-order valence-electron chi connectivity index (χ2n) is 4.86. The van der Waals surface area contributed by atoms with Crippen LogP contribution in [0.2, 0.25) is 10.0 Å². The molecule has 0 bridgehead atoms. The first-order chi connectivity index (χ1) is 9.65. The Kier molecular flexibility index (Phi) is 5.95. The van der Waals surface area contributed by atoms with Gasteiger partial charge in [0, 0.05) is 11.6 Å². The van der Waals surface area contributed by atoms with Gasteiger partial charge in [-0.25, -0.2) is 0 Å². The lowest BCUT2D eigenvalue weighted by molar-refractivity contribution is -0.123. The van der Waals surface area contributed by atoms with E-state index in [1.165, 1.54) is 6.42 Å². The van der Waals surface area contributed by atoms with Gasteiger partial charge in [-0.1, -0.05) is 23.2 Å². The van der Waals surface area contributed by atoms with Crippen molar-refractivity contribution in [1.29, 1.82) is 0 Å². The lowest BCUT2D eigenvalue weighted by Gasteiger charge is -2.11. The third-order valence-electron chi connectivity index (χ3n) is 3.29. The maximum Gasteiger partial charge on any atom is 0.257 e. The first-order valence-corrected chi connectivity index (χ1v) is 7.46. The largest absolute Gasteiger partial charge is 0.482 e. The van der Waals surface area contributed by atoms with Crippen LogP contribution in [-0.4, -0.2) is 32.1 Å². The summed E-state index contributed by atoms with van der Waals surface area (Å²) < 4.78 is 5.36. The fourth-order valence-corrected chi connectivity index (χ4v) is 2.63. The topological polar surface area (TPSA) is 50.4 Å². The lowest BCUT2D eigenvalue weighted by atomic mass is 10.1. The molecule has 0 aromatic heterocycles. The molecule has 1 amide bonds. The van der Waals surface area contributed by atoms with E-state index >= 15 is 0 Å².